The number of nitrogens with one attached hydrogen (secondary N) is 1. The molecule has 1 aromatic rings. The Hall–Kier alpha value is -0.740. The summed E-state index contributed by atoms with van der Waals surface area (Å²) in [6.45, 7) is 8.05. The average Bonchev–Trinajstić information content (AvgIpc) is 2.36. The van der Waals surface area contributed by atoms with Crippen molar-refractivity contribution in [2.45, 2.75) is 46.3 Å². The standard InChI is InChI=1S/C15H24BrNO2/c1-5-6-7-17-10-12-8-13(16)9-14(18-4)15(12)19-11(2)3/h8-9,11,17H,5-7,10H2,1-4H3. The molecule has 0 amide bonds. The topological polar surface area (TPSA) is 30.5 Å². The molecule has 0 aliphatic carbocycles. The van der Waals surface area contributed by atoms with Crippen LogP contribution in [0.3, 0.4) is 0 Å². The minimum Gasteiger partial charge on any atom is -0.493 e. The fraction of sp³-hybridized carbons (Fsp3) is 0.600. The van der Waals surface area contributed by atoms with Crippen molar-refractivity contribution < 1.29 is 9.47 Å². The quantitative estimate of drug-likeness (QED) is 0.727. The zero-order valence-electron chi connectivity index (χ0n) is 12.3. The Kier molecular flexibility index (Phi) is 7.24. The molecule has 0 radical (unpaired) electrons. The van der Waals surface area contributed by atoms with Gasteiger partial charge in [-0.25, -0.2) is 0 Å². The number of hydrogen-bond acceptors (Lipinski definition) is 3. The highest BCUT2D eigenvalue weighted by atomic mass is 79.9. The van der Waals surface area contributed by atoms with E-state index in [4.69, 9.17) is 9.47 Å². The Morgan fingerprint density at radius 1 is 1.32 bits per heavy atom. The number of methoxy groups -OCH3 is 1. The lowest BCUT2D eigenvalue weighted by Crippen LogP contribution is -2.17. The molecule has 0 spiro atoms. The Labute approximate surface area is 124 Å². The zero-order chi connectivity index (χ0) is 14.3. The van der Waals surface area contributed by atoms with Gasteiger partial charge in [-0.1, -0.05) is 29.3 Å². The van der Waals surface area contributed by atoms with E-state index >= 15 is 0 Å². The van der Waals surface area contributed by atoms with Crippen LogP contribution in [0.5, 0.6) is 11.5 Å². The summed E-state index contributed by atoms with van der Waals surface area (Å²) in [5.74, 6) is 1.61. The van der Waals surface area contributed by atoms with E-state index in [1.807, 2.05) is 19.9 Å². The Bertz CT molecular complexity index is 394. The van der Waals surface area contributed by atoms with Crippen LogP contribution in [0.15, 0.2) is 16.6 Å². The molecule has 3 nitrogen and oxygen atoms in total. The molecular weight excluding hydrogens is 306 g/mol. The molecule has 108 valence electrons. The summed E-state index contributed by atoms with van der Waals surface area (Å²) in [7, 11) is 1.67. The van der Waals surface area contributed by atoms with Gasteiger partial charge in [0.05, 0.1) is 13.2 Å². The first-order valence-corrected chi connectivity index (χ1v) is 7.61. The lowest BCUT2D eigenvalue weighted by atomic mass is 10.1. The zero-order valence-corrected chi connectivity index (χ0v) is 13.8. The molecule has 0 aliphatic rings. The molecule has 19 heavy (non-hydrogen) atoms. The molecule has 0 aromatic heterocycles. The molecule has 0 saturated carbocycles. The van der Waals surface area contributed by atoms with E-state index in [0.29, 0.717) is 0 Å². The van der Waals surface area contributed by atoms with Gasteiger partial charge in [0.2, 0.25) is 0 Å². The first kappa shape index (κ1) is 16.3. The minimum atomic E-state index is 0.129. The van der Waals surface area contributed by atoms with E-state index in [9.17, 15) is 0 Å². The molecular formula is C15H24BrNO2. The molecule has 0 bridgehead atoms. The van der Waals surface area contributed by atoms with Gasteiger partial charge in [-0.3, -0.25) is 0 Å². The van der Waals surface area contributed by atoms with Gasteiger partial charge in [0.1, 0.15) is 0 Å². The highest BCUT2D eigenvalue weighted by Gasteiger charge is 2.13. The normalized spacial score (nSPS) is 10.8. The fourth-order valence-corrected chi connectivity index (χ4v) is 2.28. The van der Waals surface area contributed by atoms with Crippen LogP contribution in [0.25, 0.3) is 0 Å². The summed E-state index contributed by atoms with van der Waals surface area (Å²) in [6, 6.07) is 4.02. The lowest BCUT2D eigenvalue weighted by Gasteiger charge is -2.18. The molecule has 1 aromatic carbocycles. The summed E-state index contributed by atoms with van der Waals surface area (Å²) < 4.78 is 12.3. The van der Waals surface area contributed by atoms with E-state index in [-0.39, 0.29) is 6.10 Å². The summed E-state index contributed by atoms with van der Waals surface area (Å²) in [5, 5.41) is 3.44. The third-order valence-corrected chi connectivity index (χ3v) is 3.15. The lowest BCUT2D eigenvalue weighted by molar-refractivity contribution is 0.227. The maximum atomic E-state index is 5.89. The van der Waals surface area contributed by atoms with Crippen LogP contribution in [-0.2, 0) is 6.54 Å². The van der Waals surface area contributed by atoms with Crippen molar-refractivity contribution in [1.82, 2.24) is 5.32 Å². The van der Waals surface area contributed by atoms with Gasteiger partial charge in [-0.05, 0) is 38.9 Å². The summed E-state index contributed by atoms with van der Waals surface area (Å²) in [4.78, 5) is 0. The second-order valence-electron chi connectivity index (χ2n) is 4.79. The largest absolute Gasteiger partial charge is 0.493 e. The van der Waals surface area contributed by atoms with E-state index in [1.165, 1.54) is 12.8 Å². The van der Waals surface area contributed by atoms with Crippen LogP contribution in [0.1, 0.15) is 39.2 Å². The van der Waals surface area contributed by atoms with Crippen molar-refractivity contribution >= 4 is 15.9 Å². The Morgan fingerprint density at radius 3 is 2.63 bits per heavy atom. The highest BCUT2D eigenvalue weighted by molar-refractivity contribution is 9.10. The van der Waals surface area contributed by atoms with E-state index in [0.717, 1.165) is 34.6 Å². The molecule has 0 heterocycles. The molecule has 1 N–H and O–H groups in total. The van der Waals surface area contributed by atoms with Crippen molar-refractivity contribution in [3.05, 3.63) is 22.2 Å². The van der Waals surface area contributed by atoms with Crippen LogP contribution in [0.2, 0.25) is 0 Å². The fourth-order valence-electron chi connectivity index (χ4n) is 1.80. The van der Waals surface area contributed by atoms with Crippen LogP contribution in [0.4, 0.5) is 0 Å². The Balaban J connectivity index is 2.88. The van der Waals surface area contributed by atoms with Gasteiger partial charge < -0.3 is 14.8 Å². The SMILES string of the molecule is CCCCNCc1cc(Br)cc(OC)c1OC(C)C. The van der Waals surface area contributed by atoms with Crippen LogP contribution in [-0.4, -0.2) is 19.8 Å². The third kappa shape index (κ3) is 5.41. The number of rotatable bonds is 8. The molecule has 4 heteroatoms. The van der Waals surface area contributed by atoms with E-state index in [2.05, 4.69) is 34.2 Å². The maximum Gasteiger partial charge on any atom is 0.166 e. The van der Waals surface area contributed by atoms with Crippen molar-refractivity contribution in [3.8, 4) is 11.5 Å². The number of unbranched alkanes of at least 4 members (excludes halogenated alkanes) is 1. The number of halogens is 1. The van der Waals surface area contributed by atoms with Crippen LogP contribution >= 0.6 is 15.9 Å². The van der Waals surface area contributed by atoms with Crippen molar-refractivity contribution in [2.75, 3.05) is 13.7 Å². The van der Waals surface area contributed by atoms with Crippen molar-refractivity contribution in [3.63, 3.8) is 0 Å². The monoisotopic (exact) mass is 329 g/mol. The maximum absolute atomic E-state index is 5.89. The summed E-state index contributed by atoms with van der Waals surface area (Å²) in [5.41, 5.74) is 1.12. The third-order valence-electron chi connectivity index (χ3n) is 2.69. The van der Waals surface area contributed by atoms with Gasteiger partial charge in [0.25, 0.3) is 0 Å². The number of ether oxygens (including phenoxy) is 2. The van der Waals surface area contributed by atoms with Crippen molar-refractivity contribution in [2.24, 2.45) is 0 Å². The smallest absolute Gasteiger partial charge is 0.166 e. The van der Waals surface area contributed by atoms with E-state index in [1.54, 1.807) is 7.11 Å². The van der Waals surface area contributed by atoms with Gasteiger partial charge in [0, 0.05) is 16.6 Å². The molecule has 0 atom stereocenters. The predicted molar refractivity (Wildman–Crippen MR) is 83.1 cm³/mol. The molecule has 0 unspecified atom stereocenters. The number of benzene rings is 1. The first-order valence-electron chi connectivity index (χ1n) is 6.82. The summed E-state index contributed by atoms with van der Waals surface area (Å²) >= 11 is 3.51. The summed E-state index contributed by atoms with van der Waals surface area (Å²) in [6.07, 6.45) is 2.51. The van der Waals surface area contributed by atoms with Crippen LogP contribution < -0.4 is 14.8 Å². The second-order valence-corrected chi connectivity index (χ2v) is 5.71. The molecule has 0 saturated heterocycles. The minimum absolute atomic E-state index is 0.129. The molecule has 1 rings (SSSR count). The van der Waals surface area contributed by atoms with Crippen LogP contribution in [0, 0.1) is 0 Å². The van der Waals surface area contributed by atoms with E-state index < -0.39 is 0 Å². The van der Waals surface area contributed by atoms with Gasteiger partial charge >= 0.3 is 0 Å². The molecule has 0 aliphatic heterocycles. The second kappa shape index (κ2) is 8.43. The van der Waals surface area contributed by atoms with Gasteiger partial charge in [-0.15, -0.1) is 0 Å². The average molecular weight is 330 g/mol. The van der Waals surface area contributed by atoms with Crippen molar-refractivity contribution in [1.29, 1.82) is 0 Å². The predicted octanol–water partition coefficient (Wildman–Crippen LogP) is 4.13. The van der Waals surface area contributed by atoms with Gasteiger partial charge in [0.15, 0.2) is 11.5 Å². The number of hydrogen-bond donors (Lipinski definition) is 1. The first-order chi connectivity index (χ1) is 9.08. The Morgan fingerprint density at radius 2 is 2.05 bits per heavy atom. The molecule has 0 fully saturated rings. The highest BCUT2D eigenvalue weighted by Crippen LogP contribution is 2.35. The van der Waals surface area contributed by atoms with Gasteiger partial charge in [-0.2, -0.15) is 0 Å².